The fraction of sp³-hybridized carbons (Fsp3) is 0.357. The Balaban J connectivity index is 0. The molecule has 0 N–H and O–H groups in total. The Labute approximate surface area is 175 Å². The van der Waals surface area contributed by atoms with Crippen molar-refractivity contribution in [1.82, 2.24) is 0 Å². The normalized spacial score (nSPS) is 8.93. The predicted molar refractivity (Wildman–Crippen MR) is 132 cm³/mol. The van der Waals surface area contributed by atoms with Crippen LogP contribution in [-0.2, 0) is 6.42 Å². The third-order valence-corrected chi connectivity index (χ3v) is 4.33. The van der Waals surface area contributed by atoms with Gasteiger partial charge in [0.25, 0.3) is 0 Å². The first kappa shape index (κ1) is 27.9. The summed E-state index contributed by atoms with van der Waals surface area (Å²) in [5, 5.41) is 2.04. The number of allylic oxidation sites excluding steroid dienone is 3. The number of hydrogen-bond acceptors (Lipinski definition) is 0. The molecule has 0 heteroatoms. The first-order valence-electron chi connectivity index (χ1n) is 9.75. The lowest BCUT2D eigenvalue weighted by atomic mass is 10.0. The summed E-state index contributed by atoms with van der Waals surface area (Å²) in [6.07, 6.45) is 5.44. The Kier molecular flexibility index (Phi) is 15.6. The van der Waals surface area contributed by atoms with Crippen molar-refractivity contribution >= 4 is 13.2 Å². The lowest BCUT2D eigenvalue weighted by molar-refractivity contribution is 0.890. The van der Waals surface area contributed by atoms with E-state index >= 15 is 0 Å². The third kappa shape index (κ3) is 13.8. The number of aryl methyl sites for hydroxylation is 3. The molecule has 28 heavy (non-hydrogen) atoms. The maximum absolute atomic E-state index is 4.01. The van der Waals surface area contributed by atoms with Gasteiger partial charge >= 0.3 is 0 Å². The van der Waals surface area contributed by atoms with Gasteiger partial charge in [-0.2, -0.15) is 0 Å². The highest BCUT2D eigenvalue weighted by Gasteiger charge is 1.94. The minimum atomic E-state index is 0. The Hall–Kier alpha value is -2.34. The lowest BCUT2D eigenvalue weighted by Crippen LogP contribution is -2.20. The fourth-order valence-corrected chi connectivity index (χ4v) is 2.01. The van der Waals surface area contributed by atoms with Crippen LogP contribution in [0.25, 0.3) is 13.2 Å². The summed E-state index contributed by atoms with van der Waals surface area (Å²) in [7, 11) is 0. The Morgan fingerprint density at radius 1 is 0.893 bits per heavy atom. The van der Waals surface area contributed by atoms with Gasteiger partial charge in [-0.05, 0) is 69.9 Å². The molecule has 0 aliphatic carbocycles. The van der Waals surface area contributed by atoms with Crippen molar-refractivity contribution in [2.24, 2.45) is 0 Å². The lowest BCUT2D eigenvalue weighted by Gasteiger charge is -2.03. The summed E-state index contributed by atoms with van der Waals surface area (Å²) in [6, 6.07) is 14.8. The van der Waals surface area contributed by atoms with Crippen LogP contribution in [0.1, 0.15) is 64.7 Å². The zero-order chi connectivity index (χ0) is 20.8. The summed E-state index contributed by atoms with van der Waals surface area (Å²) in [5.41, 5.74) is 6.72. The molecule has 0 atom stereocenters. The van der Waals surface area contributed by atoms with Crippen LogP contribution in [0.2, 0.25) is 0 Å². The molecule has 0 bridgehead atoms. The van der Waals surface area contributed by atoms with E-state index in [9.17, 15) is 0 Å². The molecule has 2 aromatic rings. The van der Waals surface area contributed by atoms with E-state index in [1.165, 1.54) is 27.8 Å². The van der Waals surface area contributed by atoms with Gasteiger partial charge in [-0.15, -0.1) is 0 Å². The molecular weight excluding hydrogens is 336 g/mol. The first-order valence-corrected chi connectivity index (χ1v) is 9.75. The zero-order valence-corrected chi connectivity index (χ0v) is 18.4. The minimum absolute atomic E-state index is 0. The van der Waals surface area contributed by atoms with Crippen LogP contribution >= 0.6 is 0 Å². The molecule has 2 rings (SSSR count). The molecule has 0 heterocycles. The molecular formula is C28H42. The molecule has 0 saturated heterocycles. The van der Waals surface area contributed by atoms with Crippen molar-refractivity contribution in [3.8, 4) is 0 Å². The van der Waals surface area contributed by atoms with Gasteiger partial charge in [0.15, 0.2) is 0 Å². The number of rotatable bonds is 4. The second-order valence-corrected chi connectivity index (χ2v) is 7.23. The average molecular weight is 379 g/mol. The van der Waals surface area contributed by atoms with Gasteiger partial charge in [-0.25, -0.2) is 0 Å². The zero-order valence-electron chi connectivity index (χ0n) is 18.4. The van der Waals surface area contributed by atoms with Gasteiger partial charge in [0.1, 0.15) is 0 Å². The quantitative estimate of drug-likeness (QED) is 0.489. The number of benzene rings is 2. The SMILES string of the molecule is C.C=C(CC)CCc1ccc(C)cc1.C=c1ccc(C)cc1=C.CC=C(C)C. The van der Waals surface area contributed by atoms with Crippen molar-refractivity contribution in [1.29, 1.82) is 0 Å². The molecule has 2 aromatic carbocycles. The topological polar surface area (TPSA) is 0 Å². The van der Waals surface area contributed by atoms with Crippen LogP contribution in [0, 0.1) is 13.8 Å². The van der Waals surface area contributed by atoms with Gasteiger partial charge in [0.05, 0.1) is 0 Å². The molecule has 0 radical (unpaired) electrons. The maximum Gasteiger partial charge on any atom is -0.0242 e. The Bertz CT molecular complexity index is 800. The minimum Gasteiger partial charge on any atom is -0.0999 e. The first-order chi connectivity index (χ1) is 12.7. The van der Waals surface area contributed by atoms with Gasteiger partial charge in [0.2, 0.25) is 0 Å². The maximum atomic E-state index is 4.01. The molecule has 0 nitrogen and oxygen atoms in total. The molecule has 0 fully saturated rings. The smallest absolute Gasteiger partial charge is 0.0242 e. The van der Waals surface area contributed by atoms with E-state index in [1.807, 2.05) is 32.0 Å². The predicted octanol–water partition coefficient (Wildman–Crippen LogP) is 7.32. The standard InChI is InChI=1S/C13H18.C9H10.C5H10.CH4/c1-4-11(2)5-8-13-9-6-12(3)7-10-13;1-7-4-5-8(2)9(3)6-7;1-4-5(2)3;/h6-7,9-10H,2,4-5,8H2,1,3H3;4-6H,2-3H2,1H3;4H,1-3H3;1H4. The summed E-state index contributed by atoms with van der Waals surface area (Å²) in [5.74, 6) is 0. The van der Waals surface area contributed by atoms with Gasteiger partial charge in [-0.1, -0.05) is 105 Å². The Morgan fingerprint density at radius 3 is 1.79 bits per heavy atom. The van der Waals surface area contributed by atoms with E-state index in [0.717, 1.165) is 29.7 Å². The van der Waals surface area contributed by atoms with E-state index in [0.29, 0.717) is 0 Å². The van der Waals surface area contributed by atoms with E-state index < -0.39 is 0 Å². The second-order valence-electron chi connectivity index (χ2n) is 7.23. The highest BCUT2D eigenvalue weighted by molar-refractivity contribution is 5.22. The van der Waals surface area contributed by atoms with E-state index in [4.69, 9.17) is 0 Å². The van der Waals surface area contributed by atoms with Crippen LogP contribution in [0.15, 0.2) is 66.3 Å². The summed E-state index contributed by atoms with van der Waals surface area (Å²) >= 11 is 0. The van der Waals surface area contributed by atoms with Gasteiger partial charge in [-0.3, -0.25) is 0 Å². The molecule has 0 aromatic heterocycles. The molecule has 0 spiro atoms. The van der Waals surface area contributed by atoms with Crippen LogP contribution in [0.3, 0.4) is 0 Å². The summed E-state index contributed by atoms with van der Waals surface area (Å²) in [4.78, 5) is 0. The van der Waals surface area contributed by atoms with Crippen LogP contribution in [0.4, 0.5) is 0 Å². The number of hydrogen-bond donors (Lipinski definition) is 0. The van der Waals surface area contributed by atoms with Crippen molar-refractivity contribution in [3.63, 3.8) is 0 Å². The van der Waals surface area contributed by atoms with Gasteiger partial charge in [0, 0.05) is 0 Å². The Morgan fingerprint density at radius 2 is 1.39 bits per heavy atom. The highest BCUT2D eigenvalue weighted by atomic mass is 14.0. The molecule has 0 amide bonds. The largest absolute Gasteiger partial charge is 0.0999 e. The van der Waals surface area contributed by atoms with Gasteiger partial charge < -0.3 is 0 Å². The van der Waals surface area contributed by atoms with Crippen molar-refractivity contribution in [2.75, 3.05) is 0 Å². The van der Waals surface area contributed by atoms with Crippen molar-refractivity contribution in [3.05, 3.63) is 93.4 Å². The average Bonchev–Trinajstić information content (AvgIpc) is 2.65. The van der Waals surface area contributed by atoms with E-state index in [-0.39, 0.29) is 7.43 Å². The molecule has 0 aliphatic rings. The molecule has 154 valence electrons. The molecule has 0 unspecified atom stereocenters. The van der Waals surface area contributed by atoms with Crippen LogP contribution in [0.5, 0.6) is 0 Å². The molecule has 0 saturated carbocycles. The van der Waals surface area contributed by atoms with Crippen molar-refractivity contribution in [2.45, 2.75) is 68.2 Å². The van der Waals surface area contributed by atoms with Crippen LogP contribution < -0.4 is 10.4 Å². The third-order valence-electron chi connectivity index (χ3n) is 4.33. The van der Waals surface area contributed by atoms with Crippen LogP contribution in [-0.4, -0.2) is 0 Å². The monoisotopic (exact) mass is 378 g/mol. The van der Waals surface area contributed by atoms with E-state index in [1.54, 1.807) is 0 Å². The van der Waals surface area contributed by atoms with E-state index in [2.05, 4.69) is 77.8 Å². The highest BCUT2D eigenvalue weighted by Crippen LogP contribution is 2.10. The summed E-state index contributed by atoms with van der Waals surface area (Å²) in [6.45, 7) is 24.2. The van der Waals surface area contributed by atoms with Crippen molar-refractivity contribution < 1.29 is 0 Å². The molecule has 0 aliphatic heterocycles. The summed E-state index contributed by atoms with van der Waals surface area (Å²) < 4.78 is 0. The fourth-order valence-electron chi connectivity index (χ4n) is 2.01. The second kappa shape index (κ2) is 15.7.